The molecular formula is C6H10Cl2N2O. The van der Waals surface area contributed by atoms with Crippen LogP contribution in [0.15, 0.2) is 0 Å². The molecule has 1 N–H and O–H groups in total. The summed E-state index contributed by atoms with van der Waals surface area (Å²) < 4.78 is 0. The van der Waals surface area contributed by atoms with Crippen LogP contribution in [0.25, 0.3) is 4.85 Å². The average Bonchev–Trinajstić information content (AvgIpc) is 1.88. The number of hydrogen-bond acceptors (Lipinski definition) is 1. The fourth-order valence-corrected chi connectivity index (χ4v) is 0.326. The van der Waals surface area contributed by atoms with Gasteiger partial charge >= 0.3 is 0 Å². The molecule has 1 atom stereocenters. The van der Waals surface area contributed by atoms with Crippen molar-refractivity contribution in [2.45, 2.75) is 20.0 Å². The fourth-order valence-electron chi connectivity index (χ4n) is 0.326. The Hall–Kier alpha value is -0.460. The number of nitrogens with one attached hydrogen (secondary N) is 1. The van der Waals surface area contributed by atoms with Gasteiger partial charge in [0.2, 0.25) is 5.91 Å². The molecule has 0 aromatic heterocycles. The lowest BCUT2D eigenvalue weighted by Crippen LogP contribution is -2.27. The Labute approximate surface area is 76.5 Å². The minimum absolute atomic E-state index is 0.159. The van der Waals surface area contributed by atoms with E-state index in [-0.39, 0.29) is 17.4 Å². The molecule has 0 heterocycles. The van der Waals surface area contributed by atoms with E-state index in [9.17, 15) is 4.79 Å². The maximum atomic E-state index is 10.2. The van der Waals surface area contributed by atoms with Gasteiger partial charge in [0, 0.05) is 13.8 Å². The smallest absolute Gasteiger partial charge is 0.290 e. The molecule has 0 aliphatic heterocycles. The zero-order chi connectivity index (χ0) is 9.28. The Morgan fingerprint density at radius 2 is 2.09 bits per heavy atom. The van der Waals surface area contributed by atoms with Crippen molar-refractivity contribution in [3.63, 3.8) is 0 Å². The third-order valence-electron chi connectivity index (χ3n) is 0.606. The highest BCUT2D eigenvalue weighted by atomic mass is 35.5. The summed E-state index contributed by atoms with van der Waals surface area (Å²) >= 11 is 9.53. The standard InChI is InChI=1S/C5H8N2O.CH2Cl2/c1-4(6-3)7-5(2)8;2-1-3/h4H,1-2H3,(H,7,8);1H2. The van der Waals surface area contributed by atoms with Gasteiger partial charge in [0.05, 0.1) is 5.34 Å². The zero-order valence-electron chi connectivity index (χ0n) is 6.40. The molecule has 0 aliphatic rings. The number of carbonyl (C=O) groups excluding carboxylic acids is 1. The lowest BCUT2D eigenvalue weighted by Gasteiger charge is -1.95. The van der Waals surface area contributed by atoms with Crippen LogP contribution in [0.3, 0.4) is 0 Å². The predicted octanol–water partition coefficient (Wildman–Crippen LogP) is 1.81. The number of nitrogens with zero attached hydrogens (tertiary/aromatic N) is 1. The second kappa shape index (κ2) is 9.54. The van der Waals surface area contributed by atoms with Gasteiger partial charge in [0.15, 0.2) is 0 Å². The first-order chi connectivity index (χ1) is 5.08. The van der Waals surface area contributed by atoms with Crippen molar-refractivity contribution < 1.29 is 4.79 Å². The first-order valence-electron chi connectivity index (χ1n) is 2.84. The van der Waals surface area contributed by atoms with Gasteiger partial charge < -0.3 is 0 Å². The highest BCUT2D eigenvalue weighted by molar-refractivity contribution is 6.40. The summed E-state index contributed by atoms with van der Waals surface area (Å²) in [6, 6.07) is 0. The van der Waals surface area contributed by atoms with E-state index in [0.29, 0.717) is 0 Å². The van der Waals surface area contributed by atoms with Crippen molar-refractivity contribution in [1.82, 2.24) is 5.32 Å². The molecule has 64 valence electrons. The van der Waals surface area contributed by atoms with Crippen LogP contribution in [-0.4, -0.2) is 17.4 Å². The summed E-state index contributed by atoms with van der Waals surface area (Å²) in [5, 5.41) is 2.59. The van der Waals surface area contributed by atoms with Gasteiger partial charge in [-0.15, -0.1) is 23.2 Å². The minimum atomic E-state index is -0.382. The van der Waals surface area contributed by atoms with Crippen LogP contribution >= 0.6 is 23.2 Å². The van der Waals surface area contributed by atoms with E-state index in [0.717, 1.165) is 0 Å². The summed E-state index contributed by atoms with van der Waals surface area (Å²) in [4.78, 5) is 13.2. The normalized spacial score (nSPS) is 10.1. The molecule has 1 unspecified atom stereocenters. The number of alkyl halides is 2. The van der Waals surface area contributed by atoms with Gasteiger partial charge in [-0.2, -0.15) is 0 Å². The van der Waals surface area contributed by atoms with Crippen LogP contribution in [-0.2, 0) is 4.79 Å². The van der Waals surface area contributed by atoms with Crippen LogP contribution in [0.5, 0.6) is 0 Å². The van der Waals surface area contributed by atoms with Crippen molar-refractivity contribution in [3.8, 4) is 0 Å². The topological polar surface area (TPSA) is 33.5 Å². The second-order valence-corrected chi connectivity index (χ2v) is 2.41. The maximum absolute atomic E-state index is 10.2. The van der Waals surface area contributed by atoms with Crippen molar-refractivity contribution in [2.24, 2.45) is 0 Å². The summed E-state index contributed by atoms with van der Waals surface area (Å²) in [6.07, 6.45) is -0.382. The van der Waals surface area contributed by atoms with Crippen molar-refractivity contribution in [1.29, 1.82) is 0 Å². The quantitative estimate of drug-likeness (QED) is 0.504. The molecule has 0 aromatic carbocycles. The van der Waals surface area contributed by atoms with Crippen LogP contribution in [0.2, 0.25) is 0 Å². The number of amides is 1. The first kappa shape index (κ1) is 13.2. The van der Waals surface area contributed by atoms with Crippen LogP contribution in [0.4, 0.5) is 0 Å². The molecular weight excluding hydrogens is 187 g/mol. The molecule has 0 spiro atoms. The lowest BCUT2D eigenvalue weighted by molar-refractivity contribution is -0.119. The summed E-state index contributed by atoms with van der Waals surface area (Å²) in [6.45, 7) is 9.44. The van der Waals surface area contributed by atoms with Crippen LogP contribution in [0.1, 0.15) is 13.8 Å². The van der Waals surface area contributed by atoms with Gasteiger partial charge in [-0.1, -0.05) is 0 Å². The third kappa shape index (κ3) is 17.7. The van der Waals surface area contributed by atoms with E-state index >= 15 is 0 Å². The molecule has 0 rings (SSSR count). The van der Waals surface area contributed by atoms with E-state index < -0.39 is 0 Å². The monoisotopic (exact) mass is 196 g/mol. The third-order valence-corrected chi connectivity index (χ3v) is 0.606. The average molecular weight is 197 g/mol. The van der Waals surface area contributed by atoms with E-state index in [4.69, 9.17) is 29.8 Å². The SMILES string of the molecule is ClCCl.[C-]#[N+]C(C)NC(C)=O. The lowest BCUT2D eigenvalue weighted by atomic mass is 10.5. The molecule has 0 saturated carbocycles. The molecule has 0 fully saturated rings. The van der Waals surface area contributed by atoms with Gasteiger partial charge in [-0.25, -0.2) is 6.57 Å². The minimum Gasteiger partial charge on any atom is -0.290 e. The summed E-state index contributed by atoms with van der Waals surface area (Å²) in [5.41, 5.74) is 0. The highest BCUT2D eigenvalue weighted by Gasteiger charge is 2.01. The van der Waals surface area contributed by atoms with Crippen LogP contribution < -0.4 is 5.32 Å². The fraction of sp³-hybridized carbons (Fsp3) is 0.667. The van der Waals surface area contributed by atoms with E-state index in [1.807, 2.05) is 0 Å². The van der Waals surface area contributed by atoms with E-state index in [1.54, 1.807) is 6.92 Å². The van der Waals surface area contributed by atoms with Gasteiger partial charge in [-0.3, -0.25) is 15.0 Å². The second-order valence-electron chi connectivity index (χ2n) is 1.61. The molecule has 0 bridgehead atoms. The van der Waals surface area contributed by atoms with Crippen LogP contribution in [0, 0.1) is 6.57 Å². The Bertz CT molecular complexity index is 144. The molecule has 11 heavy (non-hydrogen) atoms. The van der Waals surface area contributed by atoms with Gasteiger partial charge in [0.25, 0.3) is 6.17 Å². The largest absolute Gasteiger partial charge is 0.295 e. The Kier molecular flexibility index (Phi) is 11.4. The summed E-state index contributed by atoms with van der Waals surface area (Å²) in [7, 11) is 0. The Morgan fingerprint density at radius 3 is 2.18 bits per heavy atom. The van der Waals surface area contributed by atoms with Gasteiger partial charge in [-0.05, 0) is 0 Å². The Morgan fingerprint density at radius 1 is 1.73 bits per heavy atom. The number of carbonyl (C=O) groups is 1. The number of rotatable bonds is 1. The first-order valence-corrected chi connectivity index (χ1v) is 3.91. The molecule has 5 heteroatoms. The number of halogens is 2. The van der Waals surface area contributed by atoms with Crippen molar-refractivity contribution in [2.75, 3.05) is 5.34 Å². The molecule has 1 amide bonds. The van der Waals surface area contributed by atoms with Crippen molar-refractivity contribution in [3.05, 3.63) is 11.4 Å². The molecule has 0 saturated heterocycles. The zero-order valence-corrected chi connectivity index (χ0v) is 7.91. The predicted molar refractivity (Wildman–Crippen MR) is 46.5 cm³/mol. The number of hydrogen-bond donors (Lipinski definition) is 1. The molecule has 0 aliphatic carbocycles. The molecule has 0 aromatic rings. The summed E-state index contributed by atoms with van der Waals surface area (Å²) in [5.74, 6) is -0.159. The van der Waals surface area contributed by atoms with Gasteiger partial charge in [0.1, 0.15) is 0 Å². The Balaban J connectivity index is 0. The highest BCUT2D eigenvalue weighted by Crippen LogP contribution is 1.79. The van der Waals surface area contributed by atoms with E-state index in [2.05, 4.69) is 10.2 Å². The molecule has 3 nitrogen and oxygen atoms in total. The molecule has 0 radical (unpaired) electrons. The maximum Gasteiger partial charge on any atom is 0.295 e. The van der Waals surface area contributed by atoms with Crippen molar-refractivity contribution >= 4 is 29.1 Å². The van der Waals surface area contributed by atoms with E-state index in [1.165, 1.54) is 6.92 Å².